The van der Waals surface area contributed by atoms with Crippen LogP contribution in [0.2, 0.25) is 0 Å². The monoisotopic (exact) mass is 368 g/mol. The average molecular weight is 369 g/mol. The van der Waals surface area contributed by atoms with Crippen LogP contribution in [0.15, 0.2) is 4.47 Å². The second-order valence-electron chi connectivity index (χ2n) is 6.64. The molecule has 1 N–H and O–H groups in total. The summed E-state index contributed by atoms with van der Waals surface area (Å²) >= 11 is 3.51. The van der Waals surface area contributed by atoms with Crippen LogP contribution in [0, 0.1) is 19.3 Å². The molecule has 0 bridgehead atoms. The first-order chi connectivity index (χ1) is 10.1. The molecule has 6 heteroatoms. The molecule has 2 rings (SSSR count). The van der Waals surface area contributed by atoms with Gasteiger partial charge in [-0.2, -0.15) is 0 Å². The quantitative estimate of drug-likeness (QED) is 0.654. The lowest BCUT2D eigenvalue weighted by Gasteiger charge is -2.40. The van der Waals surface area contributed by atoms with Gasteiger partial charge in [-0.05, 0) is 48.0 Å². The maximum Gasteiger partial charge on any atom is 0.377 e. The number of anilines is 1. The van der Waals surface area contributed by atoms with Crippen molar-refractivity contribution < 1.29 is 14.7 Å². The van der Waals surface area contributed by atoms with E-state index in [9.17, 15) is 9.59 Å². The molecular formula is C16H21BrN2O3. The summed E-state index contributed by atoms with van der Waals surface area (Å²) in [5, 5.41) is 9.13. The number of aromatic nitrogens is 1. The number of carbonyl (C=O) groups is 2. The normalized spacial score (nSPS) is 17.4. The number of carboxylic acid groups (broad SMARTS) is 1. The van der Waals surface area contributed by atoms with E-state index in [1.165, 1.54) is 0 Å². The molecule has 1 saturated heterocycles. The SMILES string of the molecule is Cc1nc(C)c(C(=O)C(=O)O)c(N2CCCC(C)(C)C2)c1Br. The predicted molar refractivity (Wildman–Crippen MR) is 88.6 cm³/mol. The van der Waals surface area contributed by atoms with Crippen LogP contribution in [-0.4, -0.2) is 34.9 Å². The van der Waals surface area contributed by atoms with Crippen LogP contribution in [0.4, 0.5) is 5.69 Å². The zero-order valence-electron chi connectivity index (χ0n) is 13.4. The van der Waals surface area contributed by atoms with Crippen molar-refractivity contribution in [3.63, 3.8) is 0 Å². The summed E-state index contributed by atoms with van der Waals surface area (Å²) in [4.78, 5) is 29.8. The highest BCUT2D eigenvalue weighted by molar-refractivity contribution is 9.10. The topological polar surface area (TPSA) is 70.5 Å². The van der Waals surface area contributed by atoms with Gasteiger partial charge in [-0.25, -0.2) is 4.79 Å². The molecule has 1 aliphatic heterocycles. The molecule has 0 atom stereocenters. The number of ketones is 1. The van der Waals surface area contributed by atoms with Gasteiger partial charge < -0.3 is 10.0 Å². The van der Waals surface area contributed by atoms with Gasteiger partial charge in [0, 0.05) is 13.1 Å². The number of aliphatic carboxylic acids is 1. The number of pyridine rings is 1. The molecule has 0 saturated carbocycles. The van der Waals surface area contributed by atoms with E-state index in [2.05, 4.69) is 39.7 Å². The average Bonchev–Trinajstić information content (AvgIpc) is 2.40. The highest BCUT2D eigenvalue weighted by atomic mass is 79.9. The van der Waals surface area contributed by atoms with Gasteiger partial charge >= 0.3 is 5.97 Å². The molecule has 1 aromatic heterocycles. The number of carbonyl (C=O) groups excluding carboxylic acids is 1. The van der Waals surface area contributed by atoms with Crippen molar-refractivity contribution in [2.24, 2.45) is 5.41 Å². The smallest absolute Gasteiger partial charge is 0.377 e. The van der Waals surface area contributed by atoms with Gasteiger partial charge in [0.2, 0.25) is 0 Å². The standard InChI is InChI=1S/C16H21BrN2O3/c1-9-11(14(20)15(21)22)13(12(17)10(2)18-9)19-7-5-6-16(3,4)8-19/h5-8H2,1-4H3,(H,21,22). The van der Waals surface area contributed by atoms with Crippen LogP contribution in [0.5, 0.6) is 0 Å². The van der Waals surface area contributed by atoms with Gasteiger partial charge in [0.05, 0.1) is 27.1 Å². The van der Waals surface area contributed by atoms with Gasteiger partial charge in [-0.3, -0.25) is 9.78 Å². The number of piperidine rings is 1. The van der Waals surface area contributed by atoms with Gasteiger partial charge in [-0.1, -0.05) is 13.8 Å². The van der Waals surface area contributed by atoms with E-state index in [1.54, 1.807) is 6.92 Å². The molecular weight excluding hydrogens is 348 g/mol. The van der Waals surface area contributed by atoms with Crippen LogP contribution >= 0.6 is 15.9 Å². The molecule has 0 radical (unpaired) electrons. The third-order valence-electron chi connectivity index (χ3n) is 4.10. The number of halogens is 1. The second kappa shape index (κ2) is 5.99. The zero-order valence-corrected chi connectivity index (χ0v) is 15.0. The zero-order chi connectivity index (χ0) is 16.7. The maximum atomic E-state index is 12.2. The van der Waals surface area contributed by atoms with Crippen molar-refractivity contribution >= 4 is 33.4 Å². The number of hydrogen-bond donors (Lipinski definition) is 1. The van der Waals surface area contributed by atoms with Crippen molar-refractivity contribution in [3.05, 3.63) is 21.4 Å². The van der Waals surface area contributed by atoms with Crippen molar-refractivity contribution in [3.8, 4) is 0 Å². The number of rotatable bonds is 3. The van der Waals surface area contributed by atoms with Gasteiger partial charge in [0.25, 0.3) is 5.78 Å². The molecule has 0 aromatic carbocycles. The Hall–Kier alpha value is -1.43. The molecule has 0 unspecified atom stereocenters. The first-order valence-electron chi connectivity index (χ1n) is 7.33. The number of hydrogen-bond acceptors (Lipinski definition) is 4. The Morgan fingerprint density at radius 2 is 1.91 bits per heavy atom. The Morgan fingerprint density at radius 1 is 1.27 bits per heavy atom. The number of aryl methyl sites for hydroxylation is 2. The first-order valence-corrected chi connectivity index (χ1v) is 8.12. The summed E-state index contributed by atoms with van der Waals surface area (Å²) < 4.78 is 0.709. The summed E-state index contributed by atoms with van der Waals surface area (Å²) in [6.07, 6.45) is 2.13. The van der Waals surface area contributed by atoms with Gasteiger partial charge in [0.15, 0.2) is 0 Å². The van der Waals surface area contributed by atoms with Crippen molar-refractivity contribution in [1.29, 1.82) is 0 Å². The fourth-order valence-electron chi connectivity index (χ4n) is 3.10. The lowest BCUT2D eigenvalue weighted by atomic mass is 9.83. The highest BCUT2D eigenvalue weighted by Crippen LogP contribution is 2.39. The first kappa shape index (κ1) is 16.9. The molecule has 1 aromatic rings. The molecule has 120 valence electrons. The van der Waals surface area contributed by atoms with Gasteiger partial charge in [-0.15, -0.1) is 0 Å². The second-order valence-corrected chi connectivity index (χ2v) is 7.44. The number of nitrogens with zero attached hydrogens (tertiary/aromatic N) is 2. The van der Waals surface area contributed by atoms with E-state index in [0.29, 0.717) is 15.9 Å². The number of Topliss-reactive ketones (excluding diaryl/α,β-unsaturated/α-hetero) is 1. The lowest BCUT2D eigenvalue weighted by Crippen LogP contribution is -2.41. The minimum Gasteiger partial charge on any atom is -0.475 e. The van der Waals surface area contributed by atoms with E-state index >= 15 is 0 Å². The Labute approximate surface area is 138 Å². The third kappa shape index (κ3) is 3.16. The third-order valence-corrected chi connectivity index (χ3v) is 5.05. The largest absolute Gasteiger partial charge is 0.475 e. The molecule has 2 heterocycles. The van der Waals surface area contributed by atoms with E-state index in [-0.39, 0.29) is 11.0 Å². The van der Waals surface area contributed by atoms with Crippen LogP contribution in [0.3, 0.4) is 0 Å². The summed E-state index contributed by atoms with van der Waals surface area (Å²) in [6, 6.07) is 0. The van der Waals surface area contributed by atoms with Crippen LogP contribution in [0.1, 0.15) is 48.4 Å². The van der Waals surface area contributed by atoms with Crippen LogP contribution in [-0.2, 0) is 4.79 Å². The summed E-state index contributed by atoms with van der Waals surface area (Å²) in [6.45, 7) is 9.51. The van der Waals surface area contributed by atoms with E-state index in [0.717, 1.165) is 31.6 Å². The van der Waals surface area contributed by atoms with Crippen molar-refractivity contribution in [1.82, 2.24) is 4.98 Å². The minimum atomic E-state index is -1.45. The fraction of sp³-hybridized carbons (Fsp3) is 0.562. The highest BCUT2D eigenvalue weighted by Gasteiger charge is 2.33. The molecule has 1 aliphatic rings. The van der Waals surface area contributed by atoms with E-state index in [1.807, 2.05) is 6.92 Å². The number of carboxylic acids is 1. The van der Waals surface area contributed by atoms with Crippen LogP contribution < -0.4 is 4.90 Å². The minimum absolute atomic E-state index is 0.131. The van der Waals surface area contributed by atoms with Crippen LogP contribution in [0.25, 0.3) is 0 Å². The Kier molecular flexibility index (Phi) is 4.61. The Balaban J connectivity index is 2.62. The summed E-state index contributed by atoms with van der Waals surface area (Å²) in [5.41, 5.74) is 2.23. The Morgan fingerprint density at radius 3 is 2.45 bits per heavy atom. The lowest BCUT2D eigenvalue weighted by molar-refractivity contribution is -0.131. The summed E-state index contributed by atoms with van der Waals surface area (Å²) in [7, 11) is 0. The molecule has 0 amide bonds. The maximum absolute atomic E-state index is 12.2. The fourth-order valence-corrected chi connectivity index (χ4v) is 3.64. The Bertz CT molecular complexity index is 641. The molecule has 5 nitrogen and oxygen atoms in total. The molecule has 0 aliphatic carbocycles. The van der Waals surface area contributed by atoms with Crippen molar-refractivity contribution in [2.75, 3.05) is 18.0 Å². The molecule has 1 fully saturated rings. The van der Waals surface area contributed by atoms with Crippen molar-refractivity contribution in [2.45, 2.75) is 40.5 Å². The molecule has 0 spiro atoms. The van der Waals surface area contributed by atoms with E-state index in [4.69, 9.17) is 5.11 Å². The molecule has 22 heavy (non-hydrogen) atoms. The van der Waals surface area contributed by atoms with Gasteiger partial charge in [0.1, 0.15) is 0 Å². The van der Waals surface area contributed by atoms with E-state index < -0.39 is 11.8 Å². The summed E-state index contributed by atoms with van der Waals surface area (Å²) in [5.74, 6) is -2.35. The predicted octanol–water partition coefficient (Wildman–Crippen LogP) is 3.35.